The summed E-state index contributed by atoms with van der Waals surface area (Å²) in [6.07, 6.45) is 2.81. The molecule has 1 aromatic heterocycles. The summed E-state index contributed by atoms with van der Waals surface area (Å²) >= 11 is 6.89. The van der Waals surface area contributed by atoms with Gasteiger partial charge in [-0.15, -0.1) is 11.3 Å². The third-order valence-corrected chi connectivity index (χ3v) is 6.83. The molecule has 7 heteroatoms. The second-order valence-corrected chi connectivity index (χ2v) is 10.0. The lowest BCUT2D eigenvalue weighted by molar-refractivity contribution is 0.0526. The van der Waals surface area contributed by atoms with Gasteiger partial charge < -0.3 is 10.1 Å². The lowest BCUT2D eigenvalue weighted by Gasteiger charge is -2.33. The van der Waals surface area contributed by atoms with Gasteiger partial charge >= 0.3 is 5.97 Å². The lowest BCUT2D eigenvalue weighted by Crippen LogP contribution is -2.34. The second-order valence-electron chi connectivity index (χ2n) is 8.51. The first-order valence-electron chi connectivity index (χ1n) is 10.2. The molecule has 1 amide bonds. The monoisotopic (exact) mass is 444 g/mol. The molecule has 3 rings (SSSR count). The van der Waals surface area contributed by atoms with E-state index in [1.165, 1.54) is 16.2 Å². The fraction of sp³-hybridized carbons (Fsp3) is 0.435. The number of ether oxygens (including phenoxy) is 1. The van der Waals surface area contributed by atoms with Crippen molar-refractivity contribution in [3.05, 3.63) is 51.9 Å². The minimum Gasteiger partial charge on any atom is -0.462 e. The van der Waals surface area contributed by atoms with Crippen LogP contribution in [0.1, 0.15) is 65.3 Å². The molecule has 2 aromatic rings. The molecule has 1 aliphatic carbocycles. The van der Waals surface area contributed by atoms with Crippen LogP contribution in [0.5, 0.6) is 0 Å². The van der Waals surface area contributed by atoms with E-state index in [2.05, 4.69) is 31.4 Å². The topological polar surface area (TPSA) is 67.4 Å². The normalized spacial score (nSPS) is 15.8. The Morgan fingerprint density at radius 3 is 2.57 bits per heavy atom. The molecule has 0 bridgehead atoms. The van der Waals surface area contributed by atoms with Crippen molar-refractivity contribution in [3.63, 3.8) is 0 Å². The van der Waals surface area contributed by atoms with Crippen molar-refractivity contribution in [2.24, 2.45) is 11.3 Å². The summed E-state index contributed by atoms with van der Waals surface area (Å²) in [6, 6.07) is 8.88. The van der Waals surface area contributed by atoms with Gasteiger partial charge in [0.05, 0.1) is 12.2 Å². The number of rotatable bonds is 4. The van der Waals surface area contributed by atoms with Gasteiger partial charge in [-0.1, -0.05) is 39.0 Å². The first kappa shape index (κ1) is 22.4. The molecule has 160 valence electrons. The van der Waals surface area contributed by atoms with E-state index in [9.17, 15) is 9.59 Å². The number of thiophene rings is 1. The Kier molecular flexibility index (Phi) is 6.93. The van der Waals surface area contributed by atoms with Gasteiger partial charge in [0.15, 0.2) is 5.11 Å². The van der Waals surface area contributed by atoms with Crippen LogP contribution in [-0.4, -0.2) is 23.6 Å². The molecule has 1 aromatic carbocycles. The quantitative estimate of drug-likeness (QED) is 0.501. The molecule has 0 fully saturated rings. The molecule has 5 nitrogen and oxygen atoms in total. The smallest absolute Gasteiger partial charge is 0.341 e. The third kappa shape index (κ3) is 5.08. The van der Waals surface area contributed by atoms with E-state index >= 15 is 0 Å². The van der Waals surface area contributed by atoms with Crippen molar-refractivity contribution >= 4 is 45.5 Å². The maximum absolute atomic E-state index is 12.7. The molecule has 1 atom stereocenters. The minimum atomic E-state index is -0.344. The van der Waals surface area contributed by atoms with E-state index in [1.807, 2.05) is 6.07 Å². The molecule has 1 unspecified atom stereocenters. The zero-order valence-electron chi connectivity index (χ0n) is 17.8. The number of esters is 1. The summed E-state index contributed by atoms with van der Waals surface area (Å²) in [5.74, 6) is -0.0833. The van der Waals surface area contributed by atoms with E-state index in [0.29, 0.717) is 28.7 Å². The Bertz CT molecular complexity index is 945. The standard InChI is InChI=1S/C23H28N2O3S2/c1-5-28-21(27)18-16-12-11-15(23(2,3)4)13-17(16)30-20(18)25-22(29)24-19(26)14-9-7-6-8-10-14/h6-10,15H,5,11-13H2,1-4H3,(H2,24,25,26,29). The zero-order chi connectivity index (χ0) is 21.9. The number of carbonyl (C=O) groups excluding carboxylic acids is 2. The fourth-order valence-corrected chi connectivity index (χ4v) is 5.31. The van der Waals surface area contributed by atoms with Gasteiger partial charge in [-0.05, 0) is 67.4 Å². The van der Waals surface area contributed by atoms with Crippen LogP contribution < -0.4 is 10.6 Å². The van der Waals surface area contributed by atoms with Crippen LogP contribution >= 0.6 is 23.6 Å². The Morgan fingerprint density at radius 2 is 1.93 bits per heavy atom. The van der Waals surface area contributed by atoms with Crippen molar-refractivity contribution < 1.29 is 14.3 Å². The van der Waals surface area contributed by atoms with E-state index < -0.39 is 0 Å². The highest BCUT2D eigenvalue weighted by atomic mass is 32.1. The molecule has 2 N–H and O–H groups in total. The number of hydrogen-bond donors (Lipinski definition) is 2. The Balaban J connectivity index is 1.83. The van der Waals surface area contributed by atoms with Gasteiger partial charge in [-0.25, -0.2) is 4.79 Å². The molecule has 0 saturated heterocycles. The predicted molar refractivity (Wildman–Crippen MR) is 125 cm³/mol. The van der Waals surface area contributed by atoms with Crippen LogP contribution in [-0.2, 0) is 17.6 Å². The Morgan fingerprint density at radius 1 is 1.23 bits per heavy atom. The van der Waals surface area contributed by atoms with E-state index in [1.54, 1.807) is 31.2 Å². The van der Waals surface area contributed by atoms with Gasteiger partial charge in [0, 0.05) is 10.4 Å². The van der Waals surface area contributed by atoms with E-state index in [4.69, 9.17) is 17.0 Å². The predicted octanol–water partition coefficient (Wildman–Crippen LogP) is 5.20. The largest absolute Gasteiger partial charge is 0.462 e. The highest BCUT2D eigenvalue weighted by Crippen LogP contribution is 2.44. The molecule has 30 heavy (non-hydrogen) atoms. The first-order valence-corrected chi connectivity index (χ1v) is 11.4. The number of anilines is 1. The van der Waals surface area contributed by atoms with Crippen LogP contribution in [0.2, 0.25) is 0 Å². The first-order chi connectivity index (χ1) is 14.2. The van der Waals surface area contributed by atoms with Gasteiger partial charge in [-0.2, -0.15) is 0 Å². The van der Waals surface area contributed by atoms with Crippen molar-refractivity contribution in [1.29, 1.82) is 0 Å². The summed E-state index contributed by atoms with van der Waals surface area (Å²) in [5, 5.41) is 6.58. The zero-order valence-corrected chi connectivity index (χ0v) is 19.5. The number of fused-ring (bicyclic) bond motifs is 1. The fourth-order valence-electron chi connectivity index (χ4n) is 3.73. The van der Waals surface area contributed by atoms with E-state index in [-0.39, 0.29) is 22.4 Å². The molecule has 0 aliphatic heterocycles. The van der Waals surface area contributed by atoms with E-state index in [0.717, 1.165) is 24.8 Å². The molecule has 0 radical (unpaired) electrons. The van der Waals surface area contributed by atoms with Crippen molar-refractivity contribution in [3.8, 4) is 0 Å². The Hall–Kier alpha value is -2.25. The molecular formula is C23H28N2O3S2. The summed E-state index contributed by atoms with van der Waals surface area (Å²) in [7, 11) is 0. The molecule has 0 saturated carbocycles. The Labute approximate surface area is 187 Å². The van der Waals surface area contributed by atoms with Gasteiger partial charge in [0.25, 0.3) is 5.91 Å². The lowest BCUT2D eigenvalue weighted by atomic mass is 9.72. The number of hydrogen-bond acceptors (Lipinski definition) is 5. The molecular weight excluding hydrogens is 416 g/mol. The van der Waals surface area contributed by atoms with Crippen LogP contribution in [0.25, 0.3) is 0 Å². The van der Waals surface area contributed by atoms with Crippen molar-refractivity contribution in [1.82, 2.24) is 5.32 Å². The second kappa shape index (κ2) is 9.27. The number of amides is 1. The summed E-state index contributed by atoms with van der Waals surface area (Å²) < 4.78 is 5.32. The third-order valence-electron chi connectivity index (χ3n) is 5.46. The molecule has 1 aliphatic rings. The minimum absolute atomic E-state index is 0.167. The average Bonchev–Trinajstić information content (AvgIpc) is 3.04. The summed E-state index contributed by atoms with van der Waals surface area (Å²) in [6.45, 7) is 8.88. The number of benzene rings is 1. The number of carbonyl (C=O) groups is 2. The molecule has 1 heterocycles. The highest BCUT2D eigenvalue weighted by Gasteiger charge is 2.34. The summed E-state index contributed by atoms with van der Waals surface area (Å²) in [4.78, 5) is 26.3. The average molecular weight is 445 g/mol. The van der Waals surface area contributed by atoms with Crippen molar-refractivity contribution in [2.75, 3.05) is 11.9 Å². The van der Waals surface area contributed by atoms with Gasteiger partial charge in [-0.3, -0.25) is 10.1 Å². The maximum Gasteiger partial charge on any atom is 0.341 e. The van der Waals surface area contributed by atoms with Gasteiger partial charge in [0.1, 0.15) is 5.00 Å². The van der Waals surface area contributed by atoms with Crippen LogP contribution in [0.3, 0.4) is 0 Å². The van der Waals surface area contributed by atoms with Crippen molar-refractivity contribution in [2.45, 2.75) is 47.0 Å². The molecule has 0 spiro atoms. The highest BCUT2D eigenvalue weighted by molar-refractivity contribution is 7.80. The summed E-state index contributed by atoms with van der Waals surface area (Å²) in [5.41, 5.74) is 2.34. The van der Waals surface area contributed by atoms with Crippen LogP contribution in [0, 0.1) is 11.3 Å². The maximum atomic E-state index is 12.7. The van der Waals surface area contributed by atoms with Crippen LogP contribution in [0.4, 0.5) is 5.00 Å². The van der Waals surface area contributed by atoms with Crippen LogP contribution in [0.15, 0.2) is 30.3 Å². The SMILES string of the molecule is CCOC(=O)c1c(NC(=S)NC(=O)c2ccccc2)sc2c1CCC(C(C)(C)C)C2. The number of thiocarbonyl (C=S) groups is 1. The van der Waals surface area contributed by atoms with Gasteiger partial charge in [0.2, 0.25) is 0 Å². The number of nitrogens with one attached hydrogen (secondary N) is 2.